The molecule has 1 amide bonds. The molecule has 3 aromatic rings. The first-order valence-corrected chi connectivity index (χ1v) is 12.2. The Labute approximate surface area is 226 Å². The van der Waals surface area contributed by atoms with Crippen molar-refractivity contribution in [2.45, 2.75) is 25.8 Å². The van der Waals surface area contributed by atoms with Gasteiger partial charge < -0.3 is 49.1 Å². The number of carbonyl (C=O) groups excluding carboxylic acids is 1. The second-order valence-corrected chi connectivity index (χ2v) is 8.78. The molecule has 0 bridgehead atoms. The van der Waals surface area contributed by atoms with Crippen LogP contribution in [0.1, 0.15) is 18.4 Å². The highest BCUT2D eigenvalue weighted by molar-refractivity contribution is 7.04. The van der Waals surface area contributed by atoms with Gasteiger partial charge in [-0.3, -0.25) is 9.79 Å². The largest absolute Gasteiger partial charge is 1.00 e. The molecule has 12 heteroatoms. The SMILES string of the molecule is COc1ccc(-c2csnc2-c2cc(C)c(OC)c(OC)c2)cc1NC(=O)[C@@H]([NH3+])CCCN=C(N)N.[Cl-]. The number of benzene rings is 2. The number of aliphatic imine (C=N–C) groups is 1. The molecular weight excluding hydrogens is 516 g/mol. The van der Waals surface area contributed by atoms with E-state index in [0.717, 1.165) is 27.9 Å². The number of nitrogens with two attached hydrogens (primary N) is 2. The number of quaternary nitrogens is 1. The highest BCUT2D eigenvalue weighted by Crippen LogP contribution is 2.41. The summed E-state index contributed by atoms with van der Waals surface area (Å²) in [6, 6.07) is 9.09. The van der Waals surface area contributed by atoms with Crippen molar-refractivity contribution < 1.29 is 37.1 Å². The first-order chi connectivity index (χ1) is 17.3. The van der Waals surface area contributed by atoms with Crippen LogP contribution in [0.5, 0.6) is 17.2 Å². The molecule has 2 aromatic carbocycles. The number of nitrogens with zero attached hydrogens (tertiary/aromatic N) is 2. The first kappa shape index (κ1) is 29.7. The van der Waals surface area contributed by atoms with Gasteiger partial charge in [0.05, 0.1) is 32.7 Å². The second-order valence-electron chi connectivity index (χ2n) is 8.16. The van der Waals surface area contributed by atoms with Gasteiger partial charge in [0.1, 0.15) is 5.75 Å². The van der Waals surface area contributed by atoms with E-state index in [4.69, 9.17) is 25.7 Å². The molecule has 8 N–H and O–H groups in total. The van der Waals surface area contributed by atoms with E-state index >= 15 is 0 Å². The van der Waals surface area contributed by atoms with E-state index in [-0.39, 0.29) is 24.3 Å². The van der Waals surface area contributed by atoms with Gasteiger partial charge in [-0.1, -0.05) is 6.07 Å². The van der Waals surface area contributed by atoms with Crippen LogP contribution in [-0.2, 0) is 4.79 Å². The van der Waals surface area contributed by atoms with Crippen LogP contribution in [-0.4, -0.2) is 50.2 Å². The van der Waals surface area contributed by atoms with Crippen molar-refractivity contribution in [3.63, 3.8) is 0 Å². The fraction of sp³-hybridized carbons (Fsp3) is 0.320. The van der Waals surface area contributed by atoms with Crippen molar-refractivity contribution >= 4 is 29.1 Å². The zero-order valence-electron chi connectivity index (χ0n) is 21.3. The quantitative estimate of drug-likeness (QED) is 0.141. The summed E-state index contributed by atoms with van der Waals surface area (Å²) in [6.45, 7) is 2.41. The van der Waals surface area contributed by atoms with Crippen LogP contribution < -0.4 is 49.1 Å². The fourth-order valence-corrected chi connectivity index (χ4v) is 4.54. The first-order valence-electron chi connectivity index (χ1n) is 11.3. The van der Waals surface area contributed by atoms with Gasteiger partial charge in [0.25, 0.3) is 5.91 Å². The summed E-state index contributed by atoms with van der Waals surface area (Å²) >= 11 is 1.35. The number of hydrogen-bond acceptors (Lipinski definition) is 7. The molecular formula is C25H33ClN6O4S. The van der Waals surface area contributed by atoms with Gasteiger partial charge in [0.2, 0.25) is 0 Å². The molecule has 0 spiro atoms. The van der Waals surface area contributed by atoms with Crippen LogP contribution in [0.2, 0.25) is 0 Å². The van der Waals surface area contributed by atoms with Crippen molar-refractivity contribution in [2.24, 2.45) is 16.5 Å². The maximum Gasteiger partial charge on any atom is 0.282 e. The Morgan fingerprint density at radius 2 is 1.84 bits per heavy atom. The molecule has 0 aliphatic rings. The van der Waals surface area contributed by atoms with Gasteiger partial charge in [-0.25, -0.2) is 0 Å². The van der Waals surface area contributed by atoms with Crippen molar-refractivity contribution in [3.05, 3.63) is 41.3 Å². The molecule has 3 rings (SSSR count). The minimum atomic E-state index is -0.472. The average Bonchev–Trinajstić information content (AvgIpc) is 3.35. The third-order valence-corrected chi connectivity index (χ3v) is 6.28. The topological polar surface area (TPSA) is 162 Å². The Morgan fingerprint density at radius 3 is 2.49 bits per heavy atom. The molecule has 1 heterocycles. The minimum absolute atomic E-state index is 0. The summed E-state index contributed by atoms with van der Waals surface area (Å²) in [5, 5.41) is 4.92. The lowest BCUT2D eigenvalue weighted by Gasteiger charge is -2.15. The van der Waals surface area contributed by atoms with Gasteiger partial charge >= 0.3 is 0 Å². The normalized spacial score (nSPS) is 11.2. The van der Waals surface area contributed by atoms with Gasteiger partial charge in [-0.15, -0.1) is 0 Å². The number of aromatic nitrogens is 1. The van der Waals surface area contributed by atoms with Crippen molar-refractivity contribution in [2.75, 3.05) is 33.2 Å². The number of guanidine groups is 1. The van der Waals surface area contributed by atoms with Gasteiger partial charge in [0.15, 0.2) is 23.5 Å². The molecule has 0 aliphatic heterocycles. The van der Waals surface area contributed by atoms with E-state index in [0.29, 0.717) is 42.3 Å². The number of nitrogens with one attached hydrogen (secondary N) is 1. The van der Waals surface area contributed by atoms with Gasteiger partial charge in [0, 0.05) is 29.5 Å². The Morgan fingerprint density at radius 1 is 1.11 bits per heavy atom. The Balaban J connectivity index is 0.00000481. The molecule has 0 unspecified atom stereocenters. The standard InChI is InChI=1S/C25H32N6O4S.ClH/c1-14-10-16(12-21(34-3)23(14)35-4)22-17(13-36-31-22)15-7-8-20(33-2)19(11-15)30-24(32)18(26)6-5-9-29-25(27)28;/h7-8,10-13,18H,5-6,9,26H2,1-4H3,(H,30,32)(H4,27,28,29);1H/t18-;/m0./s1. The third kappa shape index (κ3) is 7.25. The van der Waals surface area contributed by atoms with Crippen LogP contribution in [0.15, 0.2) is 40.7 Å². The van der Waals surface area contributed by atoms with Crippen molar-refractivity contribution in [1.82, 2.24) is 4.37 Å². The molecule has 10 nitrogen and oxygen atoms in total. The molecule has 0 radical (unpaired) electrons. The van der Waals surface area contributed by atoms with E-state index < -0.39 is 6.04 Å². The Hall–Kier alpha value is -3.54. The molecule has 0 saturated carbocycles. The van der Waals surface area contributed by atoms with E-state index in [1.165, 1.54) is 11.5 Å². The summed E-state index contributed by atoms with van der Waals surface area (Å²) in [4.78, 5) is 16.8. The molecule has 1 aromatic heterocycles. The fourth-order valence-electron chi connectivity index (χ4n) is 3.83. The summed E-state index contributed by atoms with van der Waals surface area (Å²) in [5.74, 6) is 1.69. The molecule has 200 valence electrons. The maximum absolute atomic E-state index is 12.8. The zero-order chi connectivity index (χ0) is 26.2. The number of aryl methyl sites for hydroxylation is 1. The number of halogens is 1. The summed E-state index contributed by atoms with van der Waals surface area (Å²) in [6.07, 6.45) is 1.19. The van der Waals surface area contributed by atoms with E-state index in [9.17, 15) is 4.79 Å². The summed E-state index contributed by atoms with van der Waals surface area (Å²) in [7, 11) is 4.79. The highest BCUT2D eigenvalue weighted by atomic mass is 35.5. The lowest BCUT2D eigenvalue weighted by atomic mass is 9.99. The van der Waals surface area contributed by atoms with Crippen LogP contribution in [0.3, 0.4) is 0 Å². The molecule has 1 atom stereocenters. The van der Waals surface area contributed by atoms with Gasteiger partial charge in [-0.05, 0) is 60.3 Å². The van der Waals surface area contributed by atoms with Gasteiger partial charge in [-0.2, -0.15) is 4.37 Å². The summed E-state index contributed by atoms with van der Waals surface area (Å²) < 4.78 is 21.1. The average molecular weight is 549 g/mol. The Bertz CT molecular complexity index is 1250. The smallest absolute Gasteiger partial charge is 0.282 e. The molecule has 0 fully saturated rings. The monoisotopic (exact) mass is 548 g/mol. The second kappa shape index (κ2) is 13.7. The highest BCUT2D eigenvalue weighted by Gasteiger charge is 2.20. The number of methoxy groups -OCH3 is 3. The van der Waals surface area contributed by atoms with Crippen molar-refractivity contribution in [3.8, 4) is 39.6 Å². The summed E-state index contributed by atoms with van der Waals surface area (Å²) in [5.41, 5.74) is 19.7. The number of carbonyl (C=O) groups is 1. The zero-order valence-corrected chi connectivity index (χ0v) is 22.9. The maximum atomic E-state index is 12.8. The number of ether oxygens (including phenoxy) is 3. The number of amides is 1. The lowest BCUT2D eigenvalue weighted by molar-refractivity contribution is -0.403. The minimum Gasteiger partial charge on any atom is -1.00 e. The van der Waals surface area contributed by atoms with Crippen molar-refractivity contribution in [1.29, 1.82) is 0 Å². The predicted octanol–water partition coefficient (Wildman–Crippen LogP) is -0.582. The molecule has 0 saturated heterocycles. The van der Waals surface area contributed by atoms with Crippen LogP contribution in [0, 0.1) is 6.92 Å². The third-order valence-electron chi connectivity index (χ3n) is 5.65. The van der Waals surface area contributed by atoms with E-state index in [2.05, 4.69) is 20.4 Å². The lowest BCUT2D eigenvalue weighted by Crippen LogP contribution is -3.00. The number of rotatable bonds is 11. The van der Waals surface area contributed by atoms with Crippen LogP contribution in [0.25, 0.3) is 22.4 Å². The predicted molar refractivity (Wildman–Crippen MR) is 143 cm³/mol. The molecule has 0 aliphatic carbocycles. The van der Waals surface area contributed by atoms with E-state index in [1.807, 2.05) is 42.6 Å². The van der Waals surface area contributed by atoms with Crippen LogP contribution >= 0.6 is 11.5 Å². The Kier molecular flexibility index (Phi) is 11.0. The van der Waals surface area contributed by atoms with Crippen LogP contribution in [0.4, 0.5) is 5.69 Å². The molecule has 37 heavy (non-hydrogen) atoms. The van der Waals surface area contributed by atoms with E-state index in [1.54, 1.807) is 21.3 Å². The number of hydrogen-bond donors (Lipinski definition) is 4. The number of anilines is 1.